The van der Waals surface area contributed by atoms with E-state index >= 15 is 0 Å². The standard InChI is InChI=1S/C22H15F2N3O2/c23-16-8-11-19(18(24)12-16)27-22(28)25-17-9-6-15(7-10-17)21-26-20(13-29-21)14-4-2-1-3-5-14/h1-13H,(H2,25,27,28). The van der Waals surface area contributed by atoms with Crippen LogP contribution in [0.15, 0.2) is 83.5 Å². The highest BCUT2D eigenvalue weighted by Gasteiger charge is 2.10. The molecule has 0 aliphatic carbocycles. The number of amides is 2. The fraction of sp³-hybridized carbons (Fsp3) is 0. The number of nitrogens with one attached hydrogen (secondary N) is 2. The fourth-order valence-electron chi connectivity index (χ4n) is 2.72. The number of anilines is 2. The molecule has 0 aliphatic heterocycles. The normalized spacial score (nSPS) is 10.6. The van der Waals surface area contributed by atoms with E-state index in [1.165, 1.54) is 0 Å². The first-order valence-corrected chi connectivity index (χ1v) is 8.73. The average Bonchev–Trinajstić information content (AvgIpc) is 3.22. The van der Waals surface area contributed by atoms with Crippen LogP contribution >= 0.6 is 0 Å². The monoisotopic (exact) mass is 391 g/mol. The Morgan fingerprint density at radius 2 is 1.62 bits per heavy atom. The van der Waals surface area contributed by atoms with Crippen molar-refractivity contribution in [3.05, 3.63) is 90.7 Å². The predicted molar refractivity (Wildman–Crippen MR) is 106 cm³/mol. The van der Waals surface area contributed by atoms with E-state index in [1.807, 2.05) is 30.3 Å². The van der Waals surface area contributed by atoms with Crippen LogP contribution in [0.25, 0.3) is 22.7 Å². The molecule has 0 fully saturated rings. The summed E-state index contributed by atoms with van der Waals surface area (Å²) in [6.45, 7) is 0. The fourth-order valence-corrected chi connectivity index (χ4v) is 2.72. The van der Waals surface area contributed by atoms with Gasteiger partial charge in [-0.3, -0.25) is 0 Å². The van der Waals surface area contributed by atoms with Crippen molar-refractivity contribution in [3.63, 3.8) is 0 Å². The molecule has 0 atom stereocenters. The highest BCUT2D eigenvalue weighted by atomic mass is 19.1. The van der Waals surface area contributed by atoms with Crippen LogP contribution in [0.4, 0.5) is 25.0 Å². The second kappa shape index (κ2) is 7.93. The maximum atomic E-state index is 13.6. The molecule has 2 amide bonds. The largest absolute Gasteiger partial charge is 0.444 e. The molecule has 1 aromatic heterocycles. The molecule has 0 saturated heterocycles. The summed E-state index contributed by atoms with van der Waals surface area (Å²) in [6.07, 6.45) is 1.58. The van der Waals surface area contributed by atoms with E-state index in [0.29, 0.717) is 17.6 Å². The average molecular weight is 391 g/mol. The summed E-state index contributed by atoms with van der Waals surface area (Å²) in [7, 11) is 0. The van der Waals surface area contributed by atoms with Crippen LogP contribution in [0.2, 0.25) is 0 Å². The van der Waals surface area contributed by atoms with Crippen LogP contribution in [0.5, 0.6) is 0 Å². The molecule has 29 heavy (non-hydrogen) atoms. The number of carbonyl (C=O) groups is 1. The van der Waals surface area contributed by atoms with Crippen LogP contribution in [-0.2, 0) is 0 Å². The van der Waals surface area contributed by atoms with Gasteiger partial charge in [-0.05, 0) is 36.4 Å². The molecule has 0 unspecified atom stereocenters. The number of halogens is 2. The number of oxazole rings is 1. The van der Waals surface area contributed by atoms with Crippen LogP contribution in [0.1, 0.15) is 0 Å². The Balaban J connectivity index is 1.43. The van der Waals surface area contributed by atoms with Gasteiger partial charge in [0.1, 0.15) is 23.6 Å². The topological polar surface area (TPSA) is 67.2 Å². The molecule has 5 nitrogen and oxygen atoms in total. The van der Waals surface area contributed by atoms with Gasteiger partial charge < -0.3 is 15.1 Å². The summed E-state index contributed by atoms with van der Waals surface area (Å²) in [5.74, 6) is -1.12. The minimum absolute atomic E-state index is 0.117. The molecule has 0 saturated carbocycles. The first-order valence-electron chi connectivity index (χ1n) is 8.73. The summed E-state index contributed by atoms with van der Waals surface area (Å²) < 4.78 is 32.1. The van der Waals surface area contributed by atoms with E-state index in [2.05, 4.69) is 15.6 Å². The van der Waals surface area contributed by atoms with Gasteiger partial charge in [0.15, 0.2) is 0 Å². The maximum absolute atomic E-state index is 13.6. The molecule has 3 aromatic carbocycles. The van der Waals surface area contributed by atoms with Gasteiger partial charge in [0.05, 0.1) is 5.69 Å². The summed E-state index contributed by atoms with van der Waals surface area (Å²) in [6, 6.07) is 18.8. The molecule has 4 aromatic rings. The summed E-state index contributed by atoms with van der Waals surface area (Å²) in [4.78, 5) is 16.5. The van der Waals surface area contributed by atoms with E-state index in [4.69, 9.17) is 4.42 Å². The lowest BCUT2D eigenvalue weighted by Crippen LogP contribution is -2.20. The zero-order valence-electron chi connectivity index (χ0n) is 15.0. The van der Waals surface area contributed by atoms with E-state index in [9.17, 15) is 13.6 Å². The third-order valence-corrected chi connectivity index (χ3v) is 4.14. The molecular weight excluding hydrogens is 376 g/mol. The molecule has 2 N–H and O–H groups in total. The Morgan fingerprint density at radius 1 is 0.862 bits per heavy atom. The van der Waals surface area contributed by atoms with E-state index in [-0.39, 0.29) is 5.69 Å². The van der Waals surface area contributed by atoms with Gasteiger partial charge >= 0.3 is 6.03 Å². The predicted octanol–water partition coefficient (Wildman–Crippen LogP) is 5.93. The Morgan fingerprint density at radius 3 is 2.34 bits per heavy atom. The zero-order valence-corrected chi connectivity index (χ0v) is 15.0. The highest BCUT2D eigenvalue weighted by Crippen LogP contribution is 2.25. The van der Waals surface area contributed by atoms with E-state index in [1.54, 1.807) is 30.5 Å². The van der Waals surface area contributed by atoms with Crippen molar-refractivity contribution < 1.29 is 18.0 Å². The van der Waals surface area contributed by atoms with Crippen molar-refractivity contribution in [3.8, 4) is 22.7 Å². The van der Waals surface area contributed by atoms with Gasteiger partial charge in [-0.15, -0.1) is 0 Å². The molecule has 0 spiro atoms. The van der Waals surface area contributed by atoms with Crippen LogP contribution in [-0.4, -0.2) is 11.0 Å². The molecule has 7 heteroatoms. The number of urea groups is 1. The molecule has 0 aliphatic rings. The van der Waals surface area contributed by atoms with Crippen molar-refractivity contribution in [2.75, 3.05) is 10.6 Å². The van der Waals surface area contributed by atoms with Gasteiger partial charge in [-0.1, -0.05) is 30.3 Å². The Hall–Kier alpha value is -4.00. The van der Waals surface area contributed by atoms with Gasteiger partial charge in [-0.25, -0.2) is 18.6 Å². The third kappa shape index (κ3) is 4.30. The molecule has 4 rings (SSSR count). The Labute approximate surface area is 165 Å². The summed E-state index contributed by atoms with van der Waals surface area (Å²) in [5, 5.41) is 4.91. The Kier molecular flexibility index (Phi) is 5.03. The smallest absolute Gasteiger partial charge is 0.323 e. The van der Waals surface area contributed by atoms with Crippen LogP contribution in [0.3, 0.4) is 0 Å². The number of hydrogen-bond donors (Lipinski definition) is 2. The van der Waals surface area contributed by atoms with Crippen LogP contribution in [0, 0.1) is 11.6 Å². The van der Waals surface area contributed by atoms with Gasteiger partial charge in [0.25, 0.3) is 0 Å². The molecule has 0 radical (unpaired) electrons. The quantitative estimate of drug-likeness (QED) is 0.453. The first kappa shape index (κ1) is 18.4. The first-order chi connectivity index (χ1) is 14.1. The summed E-state index contributed by atoms with van der Waals surface area (Å²) >= 11 is 0. The lowest BCUT2D eigenvalue weighted by Gasteiger charge is -2.08. The number of carbonyl (C=O) groups excluding carboxylic acids is 1. The SMILES string of the molecule is O=C(Nc1ccc(-c2nc(-c3ccccc3)co2)cc1)Nc1ccc(F)cc1F. The molecule has 144 valence electrons. The van der Waals surface area contributed by atoms with Crippen molar-refractivity contribution in [1.82, 2.24) is 4.98 Å². The van der Waals surface area contributed by atoms with Crippen molar-refractivity contribution >= 4 is 17.4 Å². The molecule has 1 heterocycles. The van der Waals surface area contributed by atoms with E-state index in [0.717, 1.165) is 29.0 Å². The number of nitrogens with zero attached hydrogens (tertiary/aromatic N) is 1. The minimum Gasteiger partial charge on any atom is -0.444 e. The number of aromatic nitrogens is 1. The molecular formula is C22H15F2N3O2. The van der Waals surface area contributed by atoms with Crippen molar-refractivity contribution in [2.45, 2.75) is 0 Å². The number of rotatable bonds is 4. The van der Waals surface area contributed by atoms with Crippen molar-refractivity contribution in [2.24, 2.45) is 0 Å². The minimum atomic E-state index is -0.853. The number of hydrogen-bond acceptors (Lipinski definition) is 3. The van der Waals surface area contributed by atoms with Crippen LogP contribution < -0.4 is 10.6 Å². The summed E-state index contributed by atoms with van der Waals surface area (Å²) in [5.41, 5.74) is 2.79. The highest BCUT2D eigenvalue weighted by molar-refractivity contribution is 5.99. The van der Waals surface area contributed by atoms with Gasteiger partial charge in [0.2, 0.25) is 5.89 Å². The second-order valence-electron chi connectivity index (χ2n) is 6.18. The maximum Gasteiger partial charge on any atom is 0.323 e. The lowest BCUT2D eigenvalue weighted by molar-refractivity contribution is 0.262. The molecule has 0 bridgehead atoms. The van der Waals surface area contributed by atoms with E-state index < -0.39 is 17.7 Å². The number of benzene rings is 3. The lowest BCUT2D eigenvalue weighted by atomic mass is 10.2. The Bertz CT molecular complexity index is 1140. The third-order valence-electron chi connectivity index (χ3n) is 4.14. The second-order valence-corrected chi connectivity index (χ2v) is 6.18. The van der Waals surface area contributed by atoms with Gasteiger partial charge in [0, 0.05) is 22.9 Å². The van der Waals surface area contributed by atoms with Crippen molar-refractivity contribution in [1.29, 1.82) is 0 Å². The zero-order chi connectivity index (χ0) is 20.2. The van der Waals surface area contributed by atoms with Gasteiger partial charge in [-0.2, -0.15) is 0 Å².